The molecule has 2 aliphatic rings. The van der Waals surface area contributed by atoms with Crippen LogP contribution < -0.4 is 0 Å². The van der Waals surface area contributed by atoms with Crippen LogP contribution in [0.2, 0.25) is 0 Å². The maximum absolute atomic E-state index is 13.2. The van der Waals surface area contributed by atoms with E-state index >= 15 is 0 Å². The Kier molecular flexibility index (Phi) is 5.25. The van der Waals surface area contributed by atoms with Crippen LogP contribution in [-0.4, -0.2) is 21.2 Å². The van der Waals surface area contributed by atoms with E-state index in [2.05, 4.69) is 0 Å². The Bertz CT molecular complexity index is 865. The zero-order valence-corrected chi connectivity index (χ0v) is 16.6. The van der Waals surface area contributed by atoms with Crippen LogP contribution in [0, 0.1) is 5.82 Å². The third-order valence-electron chi connectivity index (χ3n) is 4.88. The number of nitrogens with zero attached hydrogens (tertiary/aromatic N) is 1. The van der Waals surface area contributed by atoms with Crippen LogP contribution in [0.4, 0.5) is 4.39 Å². The van der Waals surface area contributed by atoms with E-state index in [0.717, 1.165) is 28.8 Å². The topological polar surface area (TPSA) is 20.3 Å². The van der Waals surface area contributed by atoms with Crippen molar-refractivity contribution in [2.75, 3.05) is 0 Å². The van der Waals surface area contributed by atoms with Crippen molar-refractivity contribution in [3.63, 3.8) is 0 Å². The zero-order valence-electron chi connectivity index (χ0n) is 14.1. The van der Waals surface area contributed by atoms with Crippen LogP contribution in [0.3, 0.4) is 0 Å². The average Bonchev–Trinajstić information content (AvgIpc) is 3.21. The average molecular weight is 404 g/mol. The Morgan fingerprint density at radius 1 is 1.12 bits per heavy atom. The second kappa shape index (κ2) is 7.62. The summed E-state index contributed by atoms with van der Waals surface area (Å²) in [5.74, 6) is -0.218. The van der Waals surface area contributed by atoms with Crippen molar-refractivity contribution in [1.29, 1.82) is 0 Å². The summed E-state index contributed by atoms with van der Waals surface area (Å²) in [7, 11) is 0. The third-order valence-corrected chi connectivity index (χ3v) is 7.07. The maximum atomic E-state index is 13.2. The molecule has 0 bridgehead atoms. The van der Waals surface area contributed by atoms with Gasteiger partial charge >= 0.3 is 0 Å². The van der Waals surface area contributed by atoms with Gasteiger partial charge in [-0.3, -0.25) is 9.69 Å². The molecular formula is C20H18FNOS3. The molecule has 2 nitrogen and oxygen atoms in total. The molecule has 6 heteroatoms. The van der Waals surface area contributed by atoms with Crippen molar-refractivity contribution in [2.24, 2.45) is 0 Å². The van der Waals surface area contributed by atoms with Crippen LogP contribution in [0.15, 0.2) is 40.6 Å². The van der Waals surface area contributed by atoms with Gasteiger partial charge < -0.3 is 0 Å². The number of thiophene rings is 1. The van der Waals surface area contributed by atoms with Gasteiger partial charge in [-0.2, -0.15) is 0 Å². The molecule has 134 valence electrons. The second-order valence-electron chi connectivity index (χ2n) is 6.55. The Balaban J connectivity index is 1.61. The van der Waals surface area contributed by atoms with Gasteiger partial charge in [-0.05, 0) is 53.6 Å². The molecule has 4 rings (SSSR count). The van der Waals surface area contributed by atoms with Gasteiger partial charge in [0.25, 0.3) is 5.91 Å². The number of carbonyl (C=O) groups excluding carboxylic acids is 1. The fourth-order valence-electron chi connectivity index (χ4n) is 3.55. The highest BCUT2D eigenvalue weighted by Gasteiger charge is 2.37. The molecule has 0 N–H and O–H groups in total. The summed E-state index contributed by atoms with van der Waals surface area (Å²) in [4.78, 5) is 16.5. The highest BCUT2D eigenvalue weighted by molar-refractivity contribution is 8.26. The highest BCUT2D eigenvalue weighted by atomic mass is 32.2. The molecule has 2 fully saturated rings. The molecule has 2 heterocycles. The van der Waals surface area contributed by atoms with Crippen molar-refractivity contribution in [2.45, 2.75) is 38.1 Å². The van der Waals surface area contributed by atoms with Crippen LogP contribution in [0.1, 0.15) is 37.0 Å². The van der Waals surface area contributed by atoms with Crippen molar-refractivity contribution in [3.05, 3.63) is 51.3 Å². The number of rotatable bonds is 3. The fourth-order valence-corrected chi connectivity index (χ4v) is 5.86. The summed E-state index contributed by atoms with van der Waals surface area (Å²) in [5, 5.41) is 1.99. The summed E-state index contributed by atoms with van der Waals surface area (Å²) in [5.41, 5.74) is 1.96. The van der Waals surface area contributed by atoms with E-state index in [0.29, 0.717) is 9.23 Å². The van der Waals surface area contributed by atoms with Crippen molar-refractivity contribution < 1.29 is 9.18 Å². The lowest BCUT2D eigenvalue weighted by molar-refractivity contribution is -0.124. The Labute approximate surface area is 166 Å². The summed E-state index contributed by atoms with van der Waals surface area (Å²) >= 11 is 8.47. The highest BCUT2D eigenvalue weighted by Crippen LogP contribution is 2.39. The van der Waals surface area contributed by atoms with E-state index in [1.54, 1.807) is 23.5 Å². The minimum Gasteiger partial charge on any atom is -0.290 e. The molecule has 1 saturated heterocycles. The number of amides is 1. The molecule has 0 radical (unpaired) electrons. The maximum Gasteiger partial charge on any atom is 0.266 e. The van der Waals surface area contributed by atoms with E-state index in [4.69, 9.17) is 12.2 Å². The predicted octanol–water partition coefficient (Wildman–Crippen LogP) is 6.09. The van der Waals surface area contributed by atoms with E-state index in [9.17, 15) is 9.18 Å². The first-order chi connectivity index (χ1) is 12.6. The van der Waals surface area contributed by atoms with Crippen LogP contribution in [0.25, 0.3) is 17.2 Å². The number of hydrogen-bond acceptors (Lipinski definition) is 4. The summed E-state index contributed by atoms with van der Waals surface area (Å²) in [6, 6.07) is 8.70. The summed E-state index contributed by atoms with van der Waals surface area (Å²) in [6.45, 7) is 0. The van der Waals surface area contributed by atoms with E-state index in [1.165, 1.54) is 43.2 Å². The van der Waals surface area contributed by atoms with Gasteiger partial charge in [0.15, 0.2) is 0 Å². The van der Waals surface area contributed by atoms with Gasteiger partial charge in [0.2, 0.25) is 0 Å². The molecule has 1 aliphatic carbocycles. The summed E-state index contributed by atoms with van der Waals surface area (Å²) in [6.07, 6.45) is 7.60. The quantitative estimate of drug-likeness (QED) is 0.457. The van der Waals surface area contributed by atoms with Crippen LogP contribution >= 0.6 is 35.3 Å². The fraction of sp³-hybridized carbons (Fsp3) is 0.300. The molecule has 1 aromatic heterocycles. The zero-order chi connectivity index (χ0) is 18.1. The number of halogens is 1. The number of benzene rings is 1. The molecule has 1 amide bonds. The molecule has 2 aromatic rings. The Morgan fingerprint density at radius 3 is 2.58 bits per heavy atom. The van der Waals surface area contributed by atoms with Crippen molar-refractivity contribution >= 4 is 51.6 Å². The van der Waals surface area contributed by atoms with Crippen molar-refractivity contribution in [3.8, 4) is 11.1 Å². The lowest BCUT2D eigenvalue weighted by Gasteiger charge is -2.29. The Hall–Kier alpha value is -1.50. The normalized spacial score (nSPS) is 20.3. The van der Waals surface area contributed by atoms with Gasteiger partial charge in [-0.25, -0.2) is 4.39 Å². The molecule has 0 unspecified atom stereocenters. The lowest BCUT2D eigenvalue weighted by atomic mass is 9.94. The molecule has 26 heavy (non-hydrogen) atoms. The van der Waals surface area contributed by atoms with Gasteiger partial charge in [-0.15, -0.1) is 11.3 Å². The van der Waals surface area contributed by atoms with Gasteiger partial charge in [-0.1, -0.05) is 55.4 Å². The van der Waals surface area contributed by atoms with Gasteiger partial charge in [0.05, 0.1) is 4.91 Å². The first-order valence-corrected chi connectivity index (χ1v) is 10.8. The monoisotopic (exact) mass is 403 g/mol. The van der Waals surface area contributed by atoms with Crippen LogP contribution in [-0.2, 0) is 4.79 Å². The standard InChI is InChI=1S/C20H18FNOS3/c21-14-8-6-13(7-9-14)16-10-11-25-17(16)12-18-19(23)22(20(24)26-18)15-4-2-1-3-5-15/h6-12,15H,1-5H2. The van der Waals surface area contributed by atoms with Gasteiger partial charge in [0.1, 0.15) is 10.1 Å². The molecule has 0 spiro atoms. The van der Waals surface area contributed by atoms with E-state index in [-0.39, 0.29) is 17.8 Å². The first-order valence-electron chi connectivity index (χ1n) is 8.74. The third kappa shape index (κ3) is 3.50. The molecule has 1 aromatic carbocycles. The second-order valence-corrected chi connectivity index (χ2v) is 9.17. The van der Waals surface area contributed by atoms with Crippen molar-refractivity contribution in [1.82, 2.24) is 4.90 Å². The molecule has 1 saturated carbocycles. The summed E-state index contributed by atoms with van der Waals surface area (Å²) < 4.78 is 13.9. The largest absolute Gasteiger partial charge is 0.290 e. The lowest BCUT2D eigenvalue weighted by Crippen LogP contribution is -2.39. The SMILES string of the molecule is O=C1C(=Cc2sccc2-c2ccc(F)cc2)SC(=S)N1C1CCCCC1. The van der Waals surface area contributed by atoms with E-state index < -0.39 is 0 Å². The smallest absolute Gasteiger partial charge is 0.266 e. The minimum absolute atomic E-state index is 0.0327. The Morgan fingerprint density at radius 2 is 1.85 bits per heavy atom. The molecule has 0 atom stereocenters. The number of thioether (sulfide) groups is 1. The molecular weight excluding hydrogens is 385 g/mol. The van der Waals surface area contributed by atoms with Gasteiger partial charge in [0, 0.05) is 10.9 Å². The van der Waals surface area contributed by atoms with E-state index in [1.807, 2.05) is 22.4 Å². The predicted molar refractivity (Wildman–Crippen MR) is 112 cm³/mol. The number of carbonyl (C=O) groups is 1. The van der Waals surface area contributed by atoms with Crippen LogP contribution in [0.5, 0.6) is 0 Å². The molecule has 1 aliphatic heterocycles. The first kappa shape index (κ1) is 17.9. The number of hydrogen-bond donors (Lipinski definition) is 0. The number of thiocarbonyl (C=S) groups is 1. The minimum atomic E-state index is -0.251.